The lowest BCUT2D eigenvalue weighted by Gasteiger charge is -2.10. The molecule has 0 aliphatic rings. The summed E-state index contributed by atoms with van der Waals surface area (Å²) in [4.78, 5) is 20.9. The summed E-state index contributed by atoms with van der Waals surface area (Å²) >= 11 is 2.19. The number of fused-ring (bicyclic) bond motifs is 2. The van der Waals surface area contributed by atoms with Crippen LogP contribution in [0.2, 0.25) is 0 Å². The van der Waals surface area contributed by atoms with Gasteiger partial charge in [0, 0.05) is 33.8 Å². The molecule has 0 fully saturated rings. The predicted molar refractivity (Wildman–Crippen MR) is 118 cm³/mol. The second-order valence-electron chi connectivity index (χ2n) is 6.29. The second kappa shape index (κ2) is 7.66. The summed E-state index contributed by atoms with van der Waals surface area (Å²) in [6, 6.07) is 13.7. The Morgan fingerprint density at radius 3 is 2.85 bits per heavy atom. The fraction of sp³-hybridized carbons (Fsp3) is 0.143. The van der Waals surface area contributed by atoms with E-state index in [1.165, 1.54) is 0 Å². The number of aromatic amines is 1. The lowest BCUT2D eigenvalue weighted by atomic mass is 10.1. The van der Waals surface area contributed by atoms with E-state index >= 15 is 0 Å². The first-order chi connectivity index (χ1) is 13.2. The van der Waals surface area contributed by atoms with Crippen molar-refractivity contribution in [2.75, 3.05) is 6.61 Å². The van der Waals surface area contributed by atoms with Crippen molar-refractivity contribution < 1.29 is 5.11 Å². The normalized spacial score (nSPS) is 11.8. The molecular weight excluding hydrogens is 453 g/mol. The molecule has 2 aromatic heterocycles. The van der Waals surface area contributed by atoms with Gasteiger partial charge in [-0.2, -0.15) is 0 Å². The molecule has 6 heteroatoms. The SMILES string of the molecule is O=c1c2cc(I)ccc2nc(C=Cc2c[nH]c3ccccc23)n1CCCO. The molecule has 136 valence electrons. The molecule has 2 aromatic carbocycles. The van der Waals surface area contributed by atoms with Gasteiger partial charge < -0.3 is 10.1 Å². The van der Waals surface area contributed by atoms with Crippen LogP contribution in [0.3, 0.4) is 0 Å². The molecule has 0 aliphatic heterocycles. The Hall–Kier alpha value is -2.45. The number of hydrogen-bond acceptors (Lipinski definition) is 3. The van der Waals surface area contributed by atoms with Gasteiger partial charge in [0.15, 0.2) is 0 Å². The number of aliphatic hydroxyl groups is 1. The first-order valence-electron chi connectivity index (χ1n) is 8.72. The Balaban J connectivity index is 1.84. The van der Waals surface area contributed by atoms with Crippen LogP contribution in [-0.4, -0.2) is 26.2 Å². The monoisotopic (exact) mass is 471 g/mol. The third kappa shape index (κ3) is 3.54. The molecule has 4 aromatic rings. The smallest absolute Gasteiger partial charge is 0.261 e. The molecule has 4 rings (SSSR count). The van der Waals surface area contributed by atoms with Crippen molar-refractivity contribution >= 4 is 56.5 Å². The minimum Gasteiger partial charge on any atom is -0.396 e. The molecule has 27 heavy (non-hydrogen) atoms. The van der Waals surface area contributed by atoms with E-state index in [1.807, 2.05) is 54.7 Å². The van der Waals surface area contributed by atoms with Gasteiger partial charge in [-0.05, 0) is 71.0 Å². The fourth-order valence-electron chi connectivity index (χ4n) is 3.18. The fourth-order valence-corrected chi connectivity index (χ4v) is 3.67. The Labute approximate surface area is 169 Å². The molecule has 0 unspecified atom stereocenters. The topological polar surface area (TPSA) is 70.9 Å². The van der Waals surface area contributed by atoms with E-state index in [0.717, 1.165) is 20.0 Å². The second-order valence-corrected chi connectivity index (χ2v) is 7.53. The average molecular weight is 471 g/mol. The molecule has 0 saturated heterocycles. The van der Waals surface area contributed by atoms with Crippen molar-refractivity contribution in [2.24, 2.45) is 0 Å². The Morgan fingerprint density at radius 1 is 1.15 bits per heavy atom. The number of rotatable bonds is 5. The Morgan fingerprint density at radius 2 is 2.00 bits per heavy atom. The summed E-state index contributed by atoms with van der Waals surface area (Å²) in [5.74, 6) is 0.590. The minimum atomic E-state index is -0.0782. The van der Waals surface area contributed by atoms with Crippen LogP contribution in [-0.2, 0) is 6.54 Å². The van der Waals surface area contributed by atoms with Gasteiger partial charge in [-0.15, -0.1) is 0 Å². The zero-order valence-corrected chi connectivity index (χ0v) is 16.7. The number of nitrogens with one attached hydrogen (secondary N) is 1. The van der Waals surface area contributed by atoms with E-state index in [0.29, 0.717) is 29.7 Å². The van der Waals surface area contributed by atoms with Crippen molar-refractivity contribution in [2.45, 2.75) is 13.0 Å². The van der Waals surface area contributed by atoms with Gasteiger partial charge >= 0.3 is 0 Å². The summed E-state index contributed by atoms with van der Waals surface area (Å²) in [6.07, 6.45) is 6.28. The molecule has 0 spiro atoms. The number of halogens is 1. The molecule has 2 N–H and O–H groups in total. The van der Waals surface area contributed by atoms with Crippen LogP contribution < -0.4 is 5.56 Å². The number of para-hydroxylation sites is 1. The molecule has 0 bridgehead atoms. The maximum atomic E-state index is 13.0. The minimum absolute atomic E-state index is 0.0302. The average Bonchev–Trinajstić information content (AvgIpc) is 3.09. The quantitative estimate of drug-likeness (QED) is 0.432. The van der Waals surface area contributed by atoms with Crippen molar-refractivity contribution in [3.8, 4) is 0 Å². The summed E-state index contributed by atoms with van der Waals surface area (Å²) in [7, 11) is 0. The van der Waals surface area contributed by atoms with Gasteiger partial charge in [0.05, 0.1) is 10.9 Å². The molecule has 0 aliphatic carbocycles. The number of aliphatic hydroxyl groups excluding tert-OH is 1. The van der Waals surface area contributed by atoms with Crippen LogP contribution >= 0.6 is 22.6 Å². The van der Waals surface area contributed by atoms with Crippen molar-refractivity contribution in [3.63, 3.8) is 0 Å². The van der Waals surface area contributed by atoms with Crippen molar-refractivity contribution in [1.29, 1.82) is 0 Å². The van der Waals surface area contributed by atoms with Gasteiger partial charge in [-0.1, -0.05) is 18.2 Å². The van der Waals surface area contributed by atoms with Gasteiger partial charge in [-0.25, -0.2) is 4.98 Å². The molecule has 2 heterocycles. The maximum Gasteiger partial charge on any atom is 0.261 e. The van der Waals surface area contributed by atoms with E-state index in [9.17, 15) is 9.90 Å². The molecule has 0 atom stereocenters. The first-order valence-corrected chi connectivity index (χ1v) is 9.80. The third-order valence-corrected chi connectivity index (χ3v) is 5.19. The van der Waals surface area contributed by atoms with E-state index in [1.54, 1.807) is 4.57 Å². The molecule has 0 amide bonds. The standard InChI is InChI=1S/C21H18IN3O2/c22-15-7-8-19-17(12-15)21(27)25(10-3-11-26)20(24-19)9-6-14-13-23-18-5-2-1-4-16(14)18/h1-2,4-9,12-13,23,26H,3,10-11H2. The van der Waals surface area contributed by atoms with Gasteiger partial charge in [-0.3, -0.25) is 9.36 Å². The van der Waals surface area contributed by atoms with E-state index in [-0.39, 0.29) is 12.2 Å². The first kappa shape index (κ1) is 17.9. The summed E-state index contributed by atoms with van der Waals surface area (Å²) in [6.45, 7) is 0.458. The summed E-state index contributed by atoms with van der Waals surface area (Å²) < 4.78 is 2.63. The van der Waals surface area contributed by atoms with Crippen LogP contribution in [0.4, 0.5) is 0 Å². The lowest BCUT2D eigenvalue weighted by molar-refractivity contribution is 0.278. The molecule has 5 nitrogen and oxygen atoms in total. The van der Waals surface area contributed by atoms with Crippen LogP contribution in [0.5, 0.6) is 0 Å². The molecule has 0 saturated carbocycles. The van der Waals surface area contributed by atoms with Crippen molar-refractivity contribution in [1.82, 2.24) is 14.5 Å². The van der Waals surface area contributed by atoms with Crippen molar-refractivity contribution in [3.05, 3.63) is 74.0 Å². The highest BCUT2D eigenvalue weighted by Gasteiger charge is 2.10. The van der Waals surface area contributed by atoms with Crippen LogP contribution in [0.25, 0.3) is 34.0 Å². The number of nitrogens with zero attached hydrogens (tertiary/aromatic N) is 2. The predicted octanol–water partition coefficient (Wildman–Crippen LogP) is 4.04. The Bertz CT molecular complexity index is 1210. The number of aromatic nitrogens is 3. The van der Waals surface area contributed by atoms with Crippen LogP contribution in [0.15, 0.2) is 53.5 Å². The Kier molecular flexibility index (Phi) is 5.09. The number of hydrogen-bond donors (Lipinski definition) is 2. The largest absolute Gasteiger partial charge is 0.396 e. The number of benzene rings is 2. The molecular formula is C21H18IN3O2. The number of H-pyrrole nitrogens is 1. The third-order valence-electron chi connectivity index (χ3n) is 4.52. The summed E-state index contributed by atoms with van der Waals surface area (Å²) in [5.41, 5.74) is 2.71. The van der Waals surface area contributed by atoms with E-state index in [4.69, 9.17) is 4.98 Å². The summed E-state index contributed by atoms with van der Waals surface area (Å²) in [5, 5.41) is 10.9. The van der Waals surface area contributed by atoms with Gasteiger partial charge in [0.25, 0.3) is 5.56 Å². The molecule has 0 radical (unpaired) electrons. The van der Waals surface area contributed by atoms with Gasteiger partial charge in [0.2, 0.25) is 0 Å². The highest BCUT2D eigenvalue weighted by atomic mass is 127. The van der Waals surface area contributed by atoms with Gasteiger partial charge in [0.1, 0.15) is 5.82 Å². The zero-order valence-electron chi connectivity index (χ0n) is 14.5. The van der Waals surface area contributed by atoms with E-state index < -0.39 is 0 Å². The highest BCUT2D eigenvalue weighted by molar-refractivity contribution is 14.1. The van der Waals surface area contributed by atoms with Crippen LogP contribution in [0, 0.1) is 3.57 Å². The van der Waals surface area contributed by atoms with E-state index in [2.05, 4.69) is 33.6 Å². The van der Waals surface area contributed by atoms with Crippen LogP contribution in [0.1, 0.15) is 17.8 Å². The maximum absolute atomic E-state index is 13.0. The highest BCUT2D eigenvalue weighted by Crippen LogP contribution is 2.20. The zero-order chi connectivity index (χ0) is 18.8. The lowest BCUT2D eigenvalue weighted by Crippen LogP contribution is -2.24.